The van der Waals surface area contributed by atoms with Crippen LogP contribution in [0.2, 0.25) is 5.02 Å². The van der Waals surface area contributed by atoms with Crippen molar-refractivity contribution in [3.8, 4) is 11.5 Å². The Morgan fingerprint density at radius 3 is 2.41 bits per heavy atom. The summed E-state index contributed by atoms with van der Waals surface area (Å²) in [4.78, 5) is 25.3. The lowest BCUT2D eigenvalue weighted by molar-refractivity contribution is -0.137. The summed E-state index contributed by atoms with van der Waals surface area (Å²) in [5.74, 6) is -0.563. The maximum atomic E-state index is 13.6. The van der Waals surface area contributed by atoms with Crippen molar-refractivity contribution in [2.45, 2.75) is 56.2 Å². The highest BCUT2D eigenvalue weighted by Gasteiger charge is 2.55. The van der Waals surface area contributed by atoms with Gasteiger partial charge in [0.25, 0.3) is 11.8 Å². The van der Waals surface area contributed by atoms with Crippen molar-refractivity contribution >= 4 is 34.3 Å². The number of aromatic nitrogens is 2. The van der Waals surface area contributed by atoms with Gasteiger partial charge in [-0.3, -0.25) is 14.7 Å². The molecule has 3 aliphatic carbocycles. The van der Waals surface area contributed by atoms with Gasteiger partial charge in [-0.2, -0.15) is 5.10 Å². The summed E-state index contributed by atoms with van der Waals surface area (Å²) in [5.41, 5.74) is 0.382. The molecule has 2 aromatic carbocycles. The molecule has 0 saturated heterocycles. The van der Waals surface area contributed by atoms with Crippen molar-refractivity contribution in [2.24, 2.45) is 0 Å². The first-order valence-electron chi connectivity index (χ1n) is 12.1. The minimum absolute atomic E-state index is 0.0260. The van der Waals surface area contributed by atoms with Crippen LogP contribution in [0.1, 0.15) is 37.8 Å². The topological polar surface area (TPSA) is 126 Å². The molecule has 37 heavy (non-hydrogen) atoms. The van der Waals surface area contributed by atoms with Gasteiger partial charge in [0.05, 0.1) is 27.9 Å². The van der Waals surface area contributed by atoms with Crippen molar-refractivity contribution in [1.29, 1.82) is 0 Å². The van der Waals surface area contributed by atoms with E-state index in [1.165, 1.54) is 12.1 Å². The predicted molar refractivity (Wildman–Crippen MR) is 134 cm³/mol. The standard InChI is InChI=1S/C26H28ClFN4O5/c1-15-18-4-2-17(11-21(18)32-31-15)37-14-24(35)30-26-8-6-25(7-9-26,12-22(26)33)29-23(34)13-36-16-3-5-19(27)20(28)10-16/h2-5,10-11,22,33H,6-9,12-14H2,1H3,(H,29,34)(H,30,35)(H,31,32). The Morgan fingerprint density at radius 1 is 1.08 bits per heavy atom. The number of rotatable bonds is 8. The summed E-state index contributed by atoms with van der Waals surface area (Å²) in [6, 6.07) is 9.44. The number of carbonyl (C=O) groups excluding carboxylic acids is 2. The number of carbonyl (C=O) groups is 2. The van der Waals surface area contributed by atoms with Crippen LogP contribution < -0.4 is 20.1 Å². The van der Waals surface area contributed by atoms with Crippen LogP contribution >= 0.6 is 11.6 Å². The molecule has 0 spiro atoms. The van der Waals surface area contributed by atoms with Crippen LogP contribution in [-0.4, -0.2) is 57.5 Å². The smallest absolute Gasteiger partial charge is 0.258 e. The van der Waals surface area contributed by atoms with Crippen LogP contribution in [0.3, 0.4) is 0 Å². The fraction of sp³-hybridized carbons (Fsp3) is 0.423. The zero-order valence-electron chi connectivity index (χ0n) is 20.3. The number of amides is 2. The molecule has 0 aliphatic heterocycles. The van der Waals surface area contributed by atoms with Crippen molar-refractivity contribution < 1.29 is 28.6 Å². The number of ether oxygens (including phenoxy) is 2. The highest BCUT2D eigenvalue weighted by Crippen LogP contribution is 2.47. The minimum atomic E-state index is -0.824. The highest BCUT2D eigenvalue weighted by molar-refractivity contribution is 6.30. The van der Waals surface area contributed by atoms with Gasteiger partial charge in [-0.15, -0.1) is 0 Å². The number of nitrogens with zero attached hydrogens (tertiary/aromatic N) is 1. The quantitative estimate of drug-likeness (QED) is 0.354. The average Bonchev–Trinajstić information content (AvgIpc) is 3.24. The van der Waals surface area contributed by atoms with Crippen molar-refractivity contribution in [1.82, 2.24) is 20.8 Å². The molecule has 1 heterocycles. The summed E-state index contributed by atoms with van der Waals surface area (Å²) in [7, 11) is 0. The maximum Gasteiger partial charge on any atom is 0.258 e. The van der Waals surface area contributed by atoms with Gasteiger partial charge in [0, 0.05) is 23.1 Å². The molecule has 3 aromatic rings. The molecule has 0 radical (unpaired) electrons. The summed E-state index contributed by atoms with van der Waals surface area (Å²) in [6.45, 7) is 1.43. The minimum Gasteiger partial charge on any atom is -0.484 e. The van der Waals surface area contributed by atoms with E-state index in [0.29, 0.717) is 37.9 Å². The number of hydrogen-bond acceptors (Lipinski definition) is 6. The van der Waals surface area contributed by atoms with Crippen LogP contribution in [-0.2, 0) is 9.59 Å². The molecular weight excluding hydrogens is 503 g/mol. The largest absolute Gasteiger partial charge is 0.484 e. The number of aryl methyl sites for hydroxylation is 1. The molecule has 4 N–H and O–H groups in total. The van der Waals surface area contributed by atoms with Gasteiger partial charge in [-0.1, -0.05) is 11.6 Å². The van der Waals surface area contributed by atoms with E-state index in [1.54, 1.807) is 12.1 Å². The van der Waals surface area contributed by atoms with E-state index in [4.69, 9.17) is 21.1 Å². The second-order valence-electron chi connectivity index (χ2n) is 9.92. The third-order valence-electron chi connectivity index (χ3n) is 7.47. The summed E-state index contributed by atoms with van der Waals surface area (Å²) < 4.78 is 24.6. The number of aliphatic hydroxyl groups excluding tert-OH is 1. The summed E-state index contributed by atoms with van der Waals surface area (Å²) >= 11 is 5.67. The third kappa shape index (κ3) is 5.21. The Hall–Kier alpha value is -3.37. The highest BCUT2D eigenvalue weighted by atomic mass is 35.5. The number of fused-ring (bicyclic) bond motifs is 4. The molecule has 6 rings (SSSR count). The molecule has 196 valence electrons. The first-order valence-corrected chi connectivity index (χ1v) is 12.5. The van der Waals surface area contributed by atoms with E-state index in [9.17, 15) is 19.1 Å². The molecular formula is C26H28ClFN4O5. The van der Waals surface area contributed by atoms with Crippen LogP contribution in [0.25, 0.3) is 10.9 Å². The molecule has 1 atom stereocenters. The second kappa shape index (κ2) is 9.83. The van der Waals surface area contributed by atoms with Gasteiger partial charge < -0.3 is 25.2 Å². The fourth-order valence-electron chi connectivity index (χ4n) is 5.40. The zero-order chi connectivity index (χ0) is 26.2. The van der Waals surface area contributed by atoms with E-state index in [-0.39, 0.29) is 35.8 Å². The van der Waals surface area contributed by atoms with Crippen LogP contribution in [0.4, 0.5) is 4.39 Å². The van der Waals surface area contributed by atoms with Crippen molar-refractivity contribution in [3.63, 3.8) is 0 Å². The van der Waals surface area contributed by atoms with Gasteiger partial charge in [0.15, 0.2) is 13.2 Å². The fourth-order valence-corrected chi connectivity index (χ4v) is 5.51. The second-order valence-corrected chi connectivity index (χ2v) is 10.3. The SMILES string of the molecule is Cc1n[nH]c2cc(OCC(=O)NC34CCC(NC(=O)COc5ccc(Cl)c(F)c5)(CC3)CC4O)ccc12. The van der Waals surface area contributed by atoms with E-state index in [1.807, 2.05) is 13.0 Å². The van der Waals surface area contributed by atoms with Gasteiger partial charge in [0.1, 0.15) is 17.3 Å². The zero-order valence-corrected chi connectivity index (χ0v) is 21.0. The molecule has 2 amide bonds. The lowest BCUT2D eigenvalue weighted by Gasteiger charge is -2.56. The first kappa shape index (κ1) is 25.3. The van der Waals surface area contributed by atoms with E-state index < -0.39 is 23.0 Å². The third-order valence-corrected chi connectivity index (χ3v) is 7.78. The Balaban J connectivity index is 1.12. The number of nitrogens with one attached hydrogen (secondary N) is 3. The summed E-state index contributed by atoms with van der Waals surface area (Å²) in [5, 5.41) is 25.0. The molecule has 3 fully saturated rings. The average molecular weight is 531 g/mol. The summed E-state index contributed by atoms with van der Waals surface area (Å²) in [6.07, 6.45) is 1.72. The number of H-pyrrole nitrogens is 1. The van der Waals surface area contributed by atoms with Crippen molar-refractivity contribution in [3.05, 3.63) is 52.9 Å². The molecule has 1 aromatic heterocycles. The van der Waals surface area contributed by atoms with E-state index in [0.717, 1.165) is 22.7 Å². The Kier molecular flexibility index (Phi) is 6.72. The number of benzene rings is 2. The van der Waals surface area contributed by atoms with Gasteiger partial charge in [0.2, 0.25) is 0 Å². The molecule has 1 unspecified atom stereocenters. The molecule has 9 nitrogen and oxygen atoms in total. The lowest BCUT2D eigenvalue weighted by Crippen LogP contribution is -2.70. The Labute approximate surface area is 217 Å². The van der Waals surface area contributed by atoms with Crippen molar-refractivity contribution in [2.75, 3.05) is 13.2 Å². The first-order chi connectivity index (χ1) is 17.7. The number of aromatic amines is 1. The molecule has 2 bridgehead atoms. The predicted octanol–water partition coefficient (Wildman–Crippen LogP) is 3.17. The van der Waals surface area contributed by atoms with Gasteiger partial charge in [-0.05, 0) is 63.3 Å². The Morgan fingerprint density at radius 2 is 1.73 bits per heavy atom. The van der Waals surface area contributed by atoms with E-state index in [2.05, 4.69) is 20.8 Å². The molecule has 11 heteroatoms. The maximum absolute atomic E-state index is 13.6. The lowest BCUT2D eigenvalue weighted by atomic mass is 9.60. The number of aliphatic hydroxyl groups is 1. The normalized spacial score (nSPS) is 24.6. The van der Waals surface area contributed by atoms with Gasteiger partial charge in [-0.25, -0.2) is 4.39 Å². The molecule has 3 saturated carbocycles. The van der Waals surface area contributed by atoms with Gasteiger partial charge >= 0.3 is 0 Å². The van der Waals surface area contributed by atoms with E-state index >= 15 is 0 Å². The monoisotopic (exact) mass is 530 g/mol. The number of halogens is 2. The molecule has 3 aliphatic rings. The Bertz CT molecular complexity index is 1340. The van der Waals surface area contributed by atoms with Crippen LogP contribution in [0.5, 0.6) is 11.5 Å². The van der Waals surface area contributed by atoms with Crippen LogP contribution in [0.15, 0.2) is 36.4 Å². The van der Waals surface area contributed by atoms with Crippen LogP contribution in [0, 0.1) is 12.7 Å². The number of hydrogen-bond donors (Lipinski definition) is 4.